The fraction of sp³-hybridized carbons (Fsp3) is 0.562. The van der Waals surface area contributed by atoms with Crippen LogP contribution in [0, 0.1) is 0 Å². The molecule has 0 aliphatic rings. The van der Waals surface area contributed by atoms with Gasteiger partial charge in [0.2, 0.25) is 0 Å². The molecule has 1 heterocycles. The highest BCUT2D eigenvalue weighted by Gasteiger charge is 2.39. The van der Waals surface area contributed by atoms with E-state index in [4.69, 9.17) is 17.8 Å². The Morgan fingerprint density at radius 1 is 1.05 bits per heavy atom. The minimum absolute atomic E-state index is 0.615. The second kappa shape index (κ2) is 8.43. The van der Waals surface area contributed by atoms with Gasteiger partial charge in [0.15, 0.2) is 5.58 Å². The Kier molecular flexibility index (Phi) is 6.57. The van der Waals surface area contributed by atoms with Crippen LogP contribution in [0.4, 0.5) is 0 Å². The number of benzene rings is 1. The van der Waals surface area contributed by atoms with Gasteiger partial charge < -0.3 is 17.8 Å². The van der Waals surface area contributed by atoms with Crippen molar-refractivity contribution in [3.05, 3.63) is 30.0 Å². The van der Waals surface area contributed by atoms with E-state index < -0.39 is 8.80 Å². The molecule has 0 aliphatic heterocycles. The lowest BCUT2D eigenvalue weighted by Crippen LogP contribution is -2.46. The maximum Gasteiger partial charge on any atom is 0.500 e. The Hall–Kier alpha value is -1.21. The summed E-state index contributed by atoms with van der Waals surface area (Å²) in [5.41, 5.74) is 2.04. The highest BCUT2D eigenvalue weighted by Crippen LogP contribution is 2.23. The molecule has 0 radical (unpaired) electrons. The standard InChI is InChI=1S/C16H25NO4Si/c1-4-18-22(19-5-2,20-6-3)12-8-11-14-9-7-10-15-13-17-21-16(14)15/h7,9-10,13H,4-6,8,11-12H2,1-3H3. The number of fused-ring (bicyclic) bond motifs is 1. The van der Waals surface area contributed by atoms with Crippen LogP contribution < -0.4 is 0 Å². The molecule has 2 aromatic rings. The molecular weight excluding hydrogens is 298 g/mol. The fourth-order valence-electron chi connectivity index (χ4n) is 2.65. The molecule has 2 rings (SSSR count). The van der Waals surface area contributed by atoms with Gasteiger partial charge in [0.05, 0.1) is 6.20 Å². The summed E-state index contributed by atoms with van der Waals surface area (Å²) in [5.74, 6) is 0. The van der Waals surface area contributed by atoms with Crippen LogP contribution in [0.15, 0.2) is 28.9 Å². The van der Waals surface area contributed by atoms with E-state index in [1.807, 2.05) is 32.9 Å². The van der Waals surface area contributed by atoms with Crippen molar-refractivity contribution in [1.29, 1.82) is 0 Å². The quantitative estimate of drug-likeness (QED) is 0.622. The zero-order valence-corrected chi connectivity index (χ0v) is 14.6. The molecule has 5 nitrogen and oxygen atoms in total. The van der Waals surface area contributed by atoms with Gasteiger partial charge >= 0.3 is 8.80 Å². The number of nitrogens with zero attached hydrogens (tertiary/aromatic N) is 1. The van der Waals surface area contributed by atoms with Gasteiger partial charge in [-0.2, -0.15) is 0 Å². The highest BCUT2D eigenvalue weighted by molar-refractivity contribution is 6.60. The molecule has 1 aromatic carbocycles. The summed E-state index contributed by atoms with van der Waals surface area (Å²) in [6, 6.07) is 6.94. The molecule has 0 saturated heterocycles. The molecule has 0 saturated carbocycles. The minimum atomic E-state index is -2.55. The maximum absolute atomic E-state index is 5.88. The van der Waals surface area contributed by atoms with Gasteiger partial charge in [-0.25, -0.2) is 0 Å². The molecular formula is C16H25NO4Si. The average Bonchev–Trinajstić information content (AvgIpc) is 2.97. The largest absolute Gasteiger partial charge is 0.500 e. The van der Waals surface area contributed by atoms with Crippen LogP contribution in [0.25, 0.3) is 11.0 Å². The zero-order chi connectivity index (χ0) is 15.8. The van der Waals surface area contributed by atoms with E-state index in [2.05, 4.69) is 11.2 Å². The third kappa shape index (κ3) is 4.16. The maximum atomic E-state index is 5.88. The average molecular weight is 323 g/mol. The van der Waals surface area contributed by atoms with Gasteiger partial charge in [0.1, 0.15) is 0 Å². The van der Waals surface area contributed by atoms with E-state index in [9.17, 15) is 0 Å². The molecule has 0 spiro atoms. The van der Waals surface area contributed by atoms with E-state index >= 15 is 0 Å². The van der Waals surface area contributed by atoms with E-state index in [0.717, 1.165) is 29.9 Å². The first-order chi connectivity index (χ1) is 10.7. The number of rotatable bonds is 10. The fourth-order valence-corrected chi connectivity index (χ4v) is 5.26. The second-order valence-corrected chi connectivity index (χ2v) is 7.73. The van der Waals surface area contributed by atoms with Crippen LogP contribution in [0.5, 0.6) is 0 Å². The SMILES string of the molecule is CCO[Si](CCCc1cccc2cnoc12)(OCC)OCC. The highest BCUT2D eigenvalue weighted by atomic mass is 28.4. The molecule has 0 unspecified atom stereocenters. The van der Waals surface area contributed by atoms with E-state index in [1.54, 1.807) is 6.20 Å². The van der Waals surface area contributed by atoms with Gasteiger partial charge in [0, 0.05) is 31.3 Å². The Bertz CT molecular complexity index is 555. The van der Waals surface area contributed by atoms with Gasteiger partial charge in [-0.15, -0.1) is 0 Å². The van der Waals surface area contributed by atoms with E-state index in [0.29, 0.717) is 19.8 Å². The normalized spacial score (nSPS) is 12.1. The second-order valence-electron chi connectivity index (χ2n) is 5.00. The summed E-state index contributed by atoms with van der Waals surface area (Å²) >= 11 is 0. The third-order valence-electron chi connectivity index (χ3n) is 3.48. The lowest BCUT2D eigenvalue weighted by Gasteiger charge is -2.28. The predicted octanol–water partition coefficient (Wildman–Crippen LogP) is 3.81. The Labute approximate surface area is 132 Å². The van der Waals surface area contributed by atoms with Gasteiger partial charge in [-0.3, -0.25) is 0 Å². The third-order valence-corrected chi connectivity index (χ3v) is 6.64. The van der Waals surface area contributed by atoms with Crippen molar-refractivity contribution in [1.82, 2.24) is 5.16 Å². The monoisotopic (exact) mass is 323 g/mol. The molecule has 0 N–H and O–H groups in total. The molecule has 1 aromatic heterocycles. The van der Waals surface area contributed by atoms with Crippen molar-refractivity contribution in [2.24, 2.45) is 0 Å². The van der Waals surface area contributed by atoms with Crippen LogP contribution >= 0.6 is 0 Å². The van der Waals surface area contributed by atoms with Gasteiger partial charge in [-0.05, 0) is 45.2 Å². The predicted molar refractivity (Wildman–Crippen MR) is 87.8 cm³/mol. The molecule has 122 valence electrons. The smallest absolute Gasteiger partial charge is 0.374 e. The van der Waals surface area contributed by atoms with Gasteiger partial charge in [-0.1, -0.05) is 17.3 Å². The van der Waals surface area contributed by atoms with Crippen LogP contribution in [0.3, 0.4) is 0 Å². The molecule has 0 aliphatic carbocycles. The van der Waals surface area contributed by atoms with Crippen molar-refractivity contribution < 1.29 is 17.8 Å². The van der Waals surface area contributed by atoms with E-state index in [1.165, 1.54) is 5.56 Å². The molecule has 22 heavy (non-hydrogen) atoms. The number of hydrogen-bond acceptors (Lipinski definition) is 5. The number of para-hydroxylation sites is 1. The summed E-state index contributed by atoms with van der Waals surface area (Å²) in [7, 11) is -2.55. The number of aryl methyl sites for hydroxylation is 1. The van der Waals surface area contributed by atoms with Crippen LogP contribution in [0.1, 0.15) is 32.8 Å². The number of aromatic nitrogens is 1. The van der Waals surface area contributed by atoms with Crippen molar-refractivity contribution in [2.45, 2.75) is 39.7 Å². The first-order valence-corrected chi connectivity index (χ1v) is 9.92. The Morgan fingerprint density at radius 2 is 1.73 bits per heavy atom. The molecule has 0 fully saturated rings. The summed E-state index contributed by atoms with van der Waals surface area (Å²) < 4.78 is 23.0. The van der Waals surface area contributed by atoms with Crippen molar-refractivity contribution >= 4 is 19.8 Å². The summed E-state index contributed by atoms with van der Waals surface area (Å²) in [6.07, 6.45) is 3.58. The topological polar surface area (TPSA) is 53.7 Å². The van der Waals surface area contributed by atoms with Crippen molar-refractivity contribution in [3.63, 3.8) is 0 Å². The summed E-state index contributed by atoms with van der Waals surface area (Å²) in [4.78, 5) is 0. The van der Waals surface area contributed by atoms with Crippen LogP contribution in [0.2, 0.25) is 6.04 Å². The molecule has 0 atom stereocenters. The van der Waals surface area contributed by atoms with Crippen LogP contribution in [-0.2, 0) is 19.7 Å². The Morgan fingerprint density at radius 3 is 2.36 bits per heavy atom. The molecule has 0 bridgehead atoms. The first kappa shape index (κ1) is 17.1. The molecule has 6 heteroatoms. The van der Waals surface area contributed by atoms with Crippen molar-refractivity contribution in [3.8, 4) is 0 Å². The number of hydrogen-bond donors (Lipinski definition) is 0. The molecule has 0 amide bonds. The van der Waals surface area contributed by atoms with Crippen LogP contribution in [-0.4, -0.2) is 33.8 Å². The lowest BCUT2D eigenvalue weighted by molar-refractivity contribution is 0.0708. The summed E-state index contributed by atoms with van der Waals surface area (Å²) in [6.45, 7) is 7.79. The first-order valence-electron chi connectivity index (χ1n) is 7.98. The van der Waals surface area contributed by atoms with Crippen molar-refractivity contribution in [2.75, 3.05) is 19.8 Å². The lowest BCUT2D eigenvalue weighted by atomic mass is 10.1. The summed E-state index contributed by atoms with van der Waals surface area (Å²) in [5, 5.41) is 4.91. The van der Waals surface area contributed by atoms with Gasteiger partial charge in [0.25, 0.3) is 0 Å². The van der Waals surface area contributed by atoms with E-state index in [-0.39, 0.29) is 0 Å². The minimum Gasteiger partial charge on any atom is -0.374 e. The zero-order valence-electron chi connectivity index (χ0n) is 13.6. The Balaban J connectivity index is 2.01.